The van der Waals surface area contributed by atoms with Gasteiger partial charge in [-0.05, 0) is 55.3 Å². The fourth-order valence-corrected chi connectivity index (χ4v) is 4.95. The number of nitrogens with one attached hydrogen (secondary N) is 1. The lowest BCUT2D eigenvalue weighted by Crippen LogP contribution is -2.55. The fraction of sp³-hybridized carbons (Fsp3) is 0.474. The summed E-state index contributed by atoms with van der Waals surface area (Å²) in [6.07, 6.45) is 0.955. The van der Waals surface area contributed by atoms with E-state index < -0.39 is 10.0 Å². The summed E-state index contributed by atoms with van der Waals surface area (Å²) in [6, 6.07) is 11.4. The van der Waals surface area contributed by atoms with Gasteiger partial charge in [-0.2, -0.15) is 4.31 Å². The monoisotopic (exact) mass is 362 g/mol. The van der Waals surface area contributed by atoms with Gasteiger partial charge in [0.15, 0.2) is 0 Å². The summed E-state index contributed by atoms with van der Waals surface area (Å²) in [5, 5.41) is 5.25. The van der Waals surface area contributed by atoms with Gasteiger partial charge in [0.1, 0.15) is 5.75 Å². The van der Waals surface area contributed by atoms with Crippen molar-refractivity contribution < 1.29 is 13.2 Å². The zero-order valence-corrected chi connectivity index (χ0v) is 15.8. The third kappa shape index (κ3) is 3.97. The highest BCUT2D eigenvalue weighted by atomic mass is 32.2. The molecule has 1 aliphatic heterocycles. The molecule has 1 heterocycles. The zero-order valence-electron chi connectivity index (χ0n) is 15.0. The molecule has 1 aliphatic rings. The number of sulfonamides is 1. The van der Waals surface area contributed by atoms with E-state index in [-0.39, 0.29) is 12.1 Å². The molecule has 2 atom stereocenters. The lowest BCUT2D eigenvalue weighted by atomic mass is 10.1. The lowest BCUT2D eigenvalue weighted by Gasteiger charge is -2.35. The van der Waals surface area contributed by atoms with Gasteiger partial charge < -0.3 is 10.1 Å². The van der Waals surface area contributed by atoms with Gasteiger partial charge in [0.05, 0.1) is 11.5 Å². The molecule has 25 heavy (non-hydrogen) atoms. The average Bonchev–Trinajstić information content (AvgIpc) is 2.58. The molecule has 1 N–H and O–H groups in total. The number of fused-ring (bicyclic) bond motifs is 1. The highest BCUT2D eigenvalue weighted by Crippen LogP contribution is 2.26. The van der Waals surface area contributed by atoms with Crippen molar-refractivity contribution in [2.45, 2.75) is 44.2 Å². The molecule has 0 spiro atoms. The van der Waals surface area contributed by atoms with Crippen LogP contribution in [0.4, 0.5) is 0 Å². The number of benzene rings is 2. The first-order valence-electron chi connectivity index (χ1n) is 8.83. The van der Waals surface area contributed by atoms with Gasteiger partial charge in [0.25, 0.3) is 0 Å². The van der Waals surface area contributed by atoms with Gasteiger partial charge in [-0.15, -0.1) is 0 Å². The number of rotatable bonds is 5. The second kappa shape index (κ2) is 7.32. The molecular weight excluding hydrogens is 336 g/mol. The summed E-state index contributed by atoms with van der Waals surface area (Å²) in [4.78, 5) is 0.350. The number of ether oxygens (including phenoxy) is 1. The van der Waals surface area contributed by atoms with E-state index >= 15 is 0 Å². The van der Waals surface area contributed by atoms with Gasteiger partial charge in [-0.3, -0.25) is 0 Å². The van der Waals surface area contributed by atoms with Crippen molar-refractivity contribution in [3.63, 3.8) is 0 Å². The van der Waals surface area contributed by atoms with Crippen LogP contribution in [0.3, 0.4) is 0 Å². The highest BCUT2D eigenvalue weighted by molar-refractivity contribution is 7.89. The Hall–Kier alpha value is -1.63. The van der Waals surface area contributed by atoms with Crippen LogP contribution >= 0.6 is 0 Å². The molecular formula is C19H26N2O3S. The van der Waals surface area contributed by atoms with Gasteiger partial charge >= 0.3 is 0 Å². The normalized spacial score (nSPS) is 22.2. The molecule has 0 aromatic heterocycles. The SMILES string of the molecule is CCCOc1ccc2cc(S(=O)(=O)N3CC(C)NC(C)C3)ccc2c1. The van der Waals surface area contributed by atoms with Crippen molar-refractivity contribution in [2.75, 3.05) is 19.7 Å². The van der Waals surface area contributed by atoms with Crippen LogP contribution in [0.25, 0.3) is 10.8 Å². The average molecular weight is 362 g/mol. The quantitative estimate of drug-likeness (QED) is 0.888. The summed E-state index contributed by atoms with van der Waals surface area (Å²) in [6.45, 7) is 7.75. The first kappa shape index (κ1) is 18.2. The number of hydrogen-bond donors (Lipinski definition) is 1. The molecule has 0 bridgehead atoms. The maximum atomic E-state index is 13.0. The van der Waals surface area contributed by atoms with Crippen molar-refractivity contribution in [3.8, 4) is 5.75 Å². The minimum Gasteiger partial charge on any atom is -0.494 e. The van der Waals surface area contributed by atoms with Crippen LogP contribution in [0.15, 0.2) is 41.3 Å². The van der Waals surface area contributed by atoms with Crippen LogP contribution in [0.5, 0.6) is 5.75 Å². The van der Waals surface area contributed by atoms with E-state index in [0.717, 1.165) is 22.9 Å². The molecule has 2 aromatic rings. The Morgan fingerprint density at radius 2 is 1.72 bits per heavy atom. The van der Waals surface area contributed by atoms with E-state index in [1.165, 1.54) is 0 Å². The molecule has 3 rings (SSSR count). The summed E-state index contributed by atoms with van der Waals surface area (Å²) in [5.41, 5.74) is 0. The smallest absolute Gasteiger partial charge is 0.243 e. The second-order valence-electron chi connectivity index (χ2n) is 6.81. The Labute approximate surface area is 150 Å². The van der Waals surface area contributed by atoms with Crippen LogP contribution < -0.4 is 10.1 Å². The van der Waals surface area contributed by atoms with Gasteiger partial charge in [-0.1, -0.05) is 19.1 Å². The molecule has 5 nitrogen and oxygen atoms in total. The minimum absolute atomic E-state index is 0.150. The minimum atomic E-state index is -3.48. The molecule has 2 aromatic carbocycles. The second-order valence-corrected chi connectivity index (χ2v) is 8.75. The Bertz CT molecular complexity index is 841. The zero-order chi connectivity index (χ0) is 18.0. The third-order valence-corrected chi connectivity index (χ3v) is 6.25. The van der Waals surface area contributed by atoms with E-state index in [2.05, 4.69) is 12.2 Å². The maximum absolute atomic E-state index is 13.0. The van der Waals surface area contributed by atoms with Gasteiger partial charge in [-0.25, -0.2) is 8.42 Å². The predicted octanol–water partition coefficient (Wildman–Crippen LogP) is 3.00. The molecule has 0 saturated carbocycles. The van der Waals surface area contributed by atoms with Crippen molar-refractivity contribution in [1.82, 2.24) is 9.62 Å². The summed E-state index contributed by atoms with van der Waals surface area (Å²) in [7, 11) is -3.48. The Morgan fingerprint density at radius 1 is 1.08 bits per heavy atom. The Morgan fingerprint density at radius 3 is 2.40 bits per heavy atom. The van der Waals surface area contributed by atoms with Crippen molar-refractivity contribution in [3.05, 3.63) is 36.4 Å². The lowest BCUT2D eigenvalue weighted by molar-refractivity contribution is 0.263. The summed E-state index contributed by atoms with van der Waals surface area (Å²) >= 11 is 0. The number of nitrogens with zero attached hydrogens (tertiary/aromatic N) is 1. The first-order chi connectivity index (χ1) is 11.9. The molecule has 0 amide bonds. The van der Waals surface area contributed by atoms with Gasteiger partial charge in [0.2, 0.25) is 10.0 Å². The third-order valence-electron chi connectivity index (χ3n) is 4.42. The van der Waals surface area contributed by atoms with Crippen LogP contribution in [-0.4, -0.2) is 44.5 Å². The molecule has 1 fully saturated rings. The standard InChI is InChI=1S/C19H26N2O3S/c1-4-9-24-18-7-5-17-11-19(8-6-16(17)10-18)25(22,23)21-12-14(2)20-15(3)13-21/h5-8,10-11,14-15,20H,4,9,12-13H2,1-3H3. The first-order valence-corrected chi connectivity index (χ1v) is 10.3. The topological polar surface area (TPSA) is 58.6 Å². The molecule has 0 radical (unpaired) electrons. The van der Waals surface area contributed by atoms with E-state index in [0.29, 0.717) is 24.6 Å². The molecule has 2 unspecified atom stereocenters. The van der Waals surface area contributed by atoms with Crippen LogP contribution in [-0.2, 0) is 10.0 Å². The summed E-state index contributed by atoms with van der Waals surface area (Å²) < 4.78 is 33.2. The number of hydrogen-bond acceptors (Lipinski definition) is 4. The van der Waals surface area contributed by atoms with Crippen LogP contribution in [0.2, 0.25) is 0 Å². The molecule has 6 heteroatoms. The van der Waals surface area contributed by atoms with E-state index in [1.807, 2.05) is 38.1 Å². The Balaban J connectivity index is 1.90. The van der Waals surface area contributed by atoms with Crippen molar-refractivity contribution in [1.29, 1.82) is 0 Å². The van der Waals surface area contributed by atoms with E-state index in [9.17, 15) is 8.42 Å². The van der Waals surface area contributed by atoms with Crippen molar-refractivity contribution >= 4 is 20.8 Å². The van der Waals surface area contributed by atoms with Crippen LogP contribution in [0, 0.1) is 0 Å². The van der Waals surface area contributed by atoms with E-state index in [1.54, 1.807) is 16.4 Å². The fourth-order valence-electron chi connectivity index (χ4n) is 3.29. The highest BCUT2D eigenvalue weighted by Gasteiger charge is 2.31. The Kier molecular flexibility index (Phi) is 5.32. The largest absolute Gasteiger partial charge is 0.494 e. The number of piperazine rings is 1. The van der Waals surface area contributed by atoms with Crippen molar-refractivity contribution in [2.24, 2.45) is 0 Å². The summed E-state index contributed by atoms with van der Waals surface area (Å²) in [5.74, 6) is 0.815. The molecule has 0 aliphatic carbocycles. The predicted molar refractivity (Wildman–Crippen MR) is 101 cm³/mol. The molecule has 1 saturated heterocycles. The van der Waals surface area contributed by atoms with Crippen LogP contribution in [0.1, 0.15) is 27.2 Å². The van der Waals surface area contributed by atoms with Gasteiger partial charge in [0, 0.05) is 25.2 Å². The maximum Gasteiger partial charge on any atom is 0.243 e. The van der Waals surface area contributed by atoms with E-state index in [4.69, 9.17) is 4.74 Å². The molecule has 136 valence electrons.